The highest BCUT2D eigenvalue weighted by Gasteiger charge is 2.73. The molecule has 37 heavy (non-hydrogen) atoms. The molecule has 0 aromatic rings. The highest BCUT2D eigenvalue weighted by molar-refractivity contribution is 5.77. The topological polar surface area (TPSA) is 90.5 Å². The number of ether oxygens (including phenoxy) is 1. The molecule has 4 fully saturated rings. The first-order chi connectivity index (χ1) is 17.0. The van der Waals surface area contributed by atoms with Gasteiger partial charge in [-0.15, -0.1) is 0 Å². The van der Waals surface area contributed by atoms with E-state index < -0.39 is 16.9 Å². The summed E-state index contributed by atoms with van der Waals surface area (Å²) in [5, 5.41) is 33.1. The number of carbonyl (C=O) groups is 1. The Kier molecular flexibility index (Phi) is 5.84. The summed E-state index contributed by atoms with van der Waals surface area (Å²) in [6, 6.07) is 2.34. The first-order valence-corrected chi connectivity index (χ1v) is 14.6. The maximum atomic E-state index is 13.4. The van der Waals surface area contributed by atoms with Crippen LogP contribution in [0.1, 0.15) is 106 Å². The van der Waals surface area contributed by atoms with Gasteiger partial charge in [0.1, 0.15) is 5.76 Å². The fraction of sp³-hybridized carbons (Fsp3) is 0.875. The van der Waals surface area contributed by atoms with Crippen molar-refractivity contribution in [3.63, 3.8) is 0 Å². The van der Waals surface area contributed by atoms with Crippen molar-refractivity contribution in [2.24, 2.45) is 56.2 Å². The number of nitriles is 1. The van der Waals surface area contributed by atoms with Gasteiger partial charge in [0, 0.05) is 5.41 Å². The summed E-state index contributed by atoms with van der Waals surface area (Å²) in [5.41, 5.74) is -0.590. The van der Waals surface area contributed by atoms with E-state index >= 15 is 0 Å². The van der Waals surface area contributed by atoms with E-state index in [4.69, 9.17) is 4.74 Å². The second-order valence-corrected chi connectivity index (χ2v) is 15.8. The standard InChI is InChI=1S/C32H49NO4/c1-27(2)11-13-32(26(36)37-8)14-12-31(7)24(20(32)17-27)21(34)15-23-29(5)16-19(18-33)25(35)28(3,4)22(29)9-10-30(23,31)6/h20-24,34-35H,9-17H2,1-8H3/t20-,21+,22-,23+,24-,29-,30+,31+,32-/m0/s1. The Bertz CT molecular complexity index is 1070. The van der Waals surface area contributed by atoms with Crippen LogP contribution in [0.4, 0.5) is 0 Å². The summed E-state index contributed by atoms with van der Waals surface area (Å²) < 4.78 is 5.46. The van der Waals surface area contributed by atoms with Crippen molar-refractivity contribution in [3.8, 4) is 6.07 Å². The van der Waals surface area contributed by atoms with Crippen LogP contribution in [0.25, 0.3) is 0 Å². The van der Waals surface area contributed by atoms with Gasteiger partial charge >= 0.3 is 5.97 Å². The fourth-order valence-corrected chi connectivity index (χ4v) is 11.5. The number of fused-ring (bicyclic) bond motifs is 7. The molecule has 4 saturated carbocycles. The normalized spacial score (nSPS) is 50.0. The number of allylic oxidation sites excluding steroid dienone is 2. The van der Waals surface area contributed by atoms with Crippen molar-refractivity contribution in [3.05, 3.63) is 11.3 Å². The lowest BCUT2D eigenvalue weighted by Gasteiger charge is -2.73. The SMILES string of the molecule is COC(=O)[C@]12CCC(C)(C)C[C@H]1[C@H]1[C@H](O)C[C@@H]3[C@@]4(C)CC(C#N)=C(O)C(C)(C)[C@@H]4CC[C@@]3(C)[C@]1(C)CC2. The van der Waals surface area contributed by atoms with Crippen molar-refractivity contribution in [1.82, 2.24) is 0 Å². The third-order valence-electron chi connectivity index (χ3n) is 13.6. The first kappa shape index (κ1) is 27.0. The van der Waals surface area contributed by atoms with Crippen LogP contribution in [0.5, 0.6) is 0 Å². The van der Waals surface area contributed by atoms with E-state index in [0.717, 1.165) is 44.9 Å². The monoisotopic (exact) mass is 511 g/mol. The van der Waals surface area contributed by atoms with E-state index in [0.29, 0.717) is 18.4 Å². The number of hydrogen-bond acceptors (Lipinski definition) is 5. The molecule has 0 unspecified atom stereocenters. The molecule has 5 heteroatoms. The van der Waals surface area contributed by atoms with Gasteiger partial charge in [-0.25, -0.2) is 0 Å². The fourth-order valence-electron chi connectivity index (χ4n) is 11.5. The largest absolute Gasteiger partial charge is 0.511 e. The average Bonchev–Trinajstić information content (AvgIpc) is 2.82. The highest BCUT2D eigenvalue weighted by atomic mass is 16.5. The summed E-state index contributed by atoms with van der Waals surface area (Å²) in [5.74, 6) is 0.867. The number of hydrogen-bond donors (Lipinski definition) is 2. The Morgan fingerprint density at radius 1 is 0.973 bits per heavy atom. The van der Waals surface area contributed by atoms with Crippen molar-refractivity contribution >= 4 is 5.97 Å². The Hall–Kier alpha value is -1.54. The maximum Gasteiger partial charge on any atom is 0.312 e. The molecule has 5 aliphatic rings. The van der Waals surface area contributed by atoms with Gasteiger partial charge in [-0.3, -0.25) is 4.79 Å². The summed E-state index contributed by atoms with van der Waals surface area (Å²) in [6.45, 7) is 16.1. The van der Waals surface area contributed by atoms with Gasteiger partial charge in [0.25, 0.3) is 0 Å². The number of nitrogens with zero attached hydrogens (tertiary/aromatic N) is 1. The molecule has 0 aromatic carbocycles. The number of aliphatic hydroxyl groups is 2. The molecule has 206 valence electrons. The molecule has 0 aliphatic heterocycles. The first-order valence-electron chi connectivity index (χ1n) is 14.6. The van der Waals surface area contributed by atoms with Crippen molar-refractivity contribution in [2.75, 3.05) is 7.11 Å². The molecule has 0 heterocycles. The number of esters is 1. The Labute approximate surface area is 224 Å². The zero-order valence-corrected chi connectivity index (χ0v) is 24.4. The van der Waals surface area contributed by atoms with E-state index in [-0.39, 0.29) is 57.1 Å². The third kappa shape index (κ3) is 3.26. The second kappa shape index (κ2) is 8.00. The molecule has 0 saturated heterocycles. The Morgan fingerprint density at radius 3 is 2.24 bits per heavy atom. The molecule has 0 aromatic heterocycles. The minimum atomic E-state index is -0.491. The van der Waals surface area contributed by atoms with Crippen molar-refractivity contribution in [1.29, 1.82) is 5.26 Å². The Morgan fingerprint density at radius 2 is 1.62 bits per heavy atom. The molecular weight excluding hydrogens is 462 g/mol. The lowest BCUT2D eigenvalue weighted by molar-refractivity contribution is -0.268. The van der Waals surface area contributed by atoms with E-state index in [1.165, 1.54) is 7.11 Å². The van der Waals surface area contributed by atoms with Crippen LogP contribution in [0.15, 0.2) is 11.3 Å². The van der Waals surface area contributed by atoms with Crippen LogP contribution in [0.3, 0.4) is 0 Å². The predicted molar refractivity (Wildman–Crippen MR) is 143 cm³/mol. The predicted octanol–water partition coefficient (Wildman–Crippen LogP) is 6.96. The smallest absolute Gasteiger partial charge is 0.312 e. The van der Waals surface area contributed by atoms with Crippen LogP contribution in [-0.4, -0.2) is 29.4 Å². The lowest BCUT2D eigenvalue weighted by atomic mass is 9.31. The highest BCUT2D eigenvalue weighted by Crippen LogP contribution is 2.77. The molecule has 0 spiro atoms. The lowest BCUT2D eigenvalue weighted by Crippen LogP contribution is -2.70. The summed E-state index contributed by atoms with van der Waals surface area (Å²) in [6.07, 6.45) is 7.42. The van der Waals surface area contributed by atoms with E-state index in [1.54, 1.807) is 0 Å². The molecule has 2 N–H and O–H groups in total. The van der Waals surface area contributed by atoms with Gasteiger partial charge in [-0.05, 0) is 103 Å². The third-order valence-corrected chi connectivity index (χ3v) is 13.6. The molecule has 5 rings (SSSR count). The van der Waals surface area contributed by atoms with Gasteiger partial charge in [0.05, 0.1) is 30.3 Å². The minimum absolute atomic E-state index is 0.0182. The van der Waals surface area contributed by atoms with Crippen LogP contribution in [0.2, 0.25) is 0 Å². The van der Waals surface area contributed by atoms with Crippen LogP contribution >= 0.6 is 0 Å². The average molecular weight is 512 g/mol. The number of methoxy groups -OCH3 is 1. The molecule has 0 radical (unpaired) electrons. The van der Waals surface area contributed by atoms with E-state index in [2.05, 4.69) is 54.5 Å². The molecule has 9 atom stereocenters. The molecule has 0 bridgehead atoms. The van der Waals surface area contributed by atoms with Gasteiger partial charge in [0.2, 0.25) is 0 Å². The van der Waals surface area contributed by atoms with Crippen molar-refractivity contribution in [2.45, 2.75) is 112 Å². The molecule has 0 amide bonds. The molecular formula is C32H49NO4. The number of carbonyl (C=O) groups excluding carboxylic acids is 1. The van der Waals surface area contributed by atoms with Crippen LogP contribution in [0, 0.1) is 67.5 Å². The van der Waals surface area contributed by atoms with Gasteiger partial charge < -0.3 is 14.9 Å². The van der Waals surface area contributed by atoms with Crippen LogP contribution in [-0.2, 0) is 9.53 Å². The van der Waals surface area contributed by atoms with Gasteiger partial charge in [-0.1, -0.05) is 48.5 Å². The zero-order valence-electron chi connectivity index (χ0n) is 24.4. The number of rotatable bonds is 1. The zero-order chi connectivity index (χ0) is 27.4. The maximum absolute atomic E-state index is 13.4. The van der Waals surface area contributed by atoms with E-state index in [1.807, 2.05) is 0 Å². The van der Waals surface area contributed by atoms with Gasteiger partial charge in [-0.2, -0.15) is 5.26 Å². The minimum Gasteiger partial charge on any atom is -0.511 e. The Balaban J connectivity index is 1.62. The summed E-state index contributed by atoms with van der Waals surface area (Å²) in [7, 11) is 1.53. The second-order valence-electron chi connectivity index (χ2n) is 15.8. The summed E-state index contributed by atoms with van der Waals surface area (Å²) in [4.78, 5) is 13.4. The number of aliphatic hydroxyl groups excluding tert-OH is 2. The van der Waals surface area contributed by atoms with Gasteiger partial charge in [0.15, 0.2) is 0 Å². The van der Waals surface area contributed by atoms with Crippen molar-refractivity contribution < 1.29 is 19.7 Å². The summed E-state index contributed by atoms with van der Waals surface area (Å²) >= 11 is 0. The van der Waals surface area contributed by atoms with Crippen LogP contribution < -0.4 is 0 Å². The molecule has 5 aliphatic carbocycles. The molecule has 5 nitrogen and oxygen atoms in total. The van der Waals surface area contributed by atoms with E-state index in [9.17, 15) is 20.3 Å². The quantitative estimate of drug-likeness (QED) is 0.371.